The standard InChI is InChI=1S/C58H111NO15/c1-3-5-7-9-11-13-15-17-19-21-22-23-24-26-28-30-32-34-36-38-40-46(63)56(70)59-44(49(64)45(62)39-37-35-33-31-29-27-25-20-18-16-14-12-10-8-6-4-2)43-71-57-54(69)52(67)55(48(42-61)73-57)74-58-53(68)51(66)50(65)47(41-60)72-58/h18,20,44-55,57-58,60-69H,3-17,19,21-43H2,1-2H3,(H,59,70)/b20-18-/t44-,45+,46+,47+,48+,49-,50-,51-,52+,53+,54+,55+,57+,58-/m0/s1. The van der Waals surface area contributed by atoms with Crippen LogP contribution in [0.3, 0.4) is 0 Å². The Morgan fingerprint density at radius 3 is 1.32 bits per heavy atom. The van der Waals surface area contributed by atoms with Gasteiger partial charge in [0.1, 0.15) is 61.0 Å². The normalized spacial score (nSPS) is 26.1. The first-order valence-electron chi connectivity index (χ1n) is 30.1. The van der Waals surface area contributed by atoms with Crippen molar-refractivity contribution in [3.05, 3.63) is 12.2 Å². The van der Waals surface area contributed by atoms with E-state index in [-0.39, 0.29) is 12.8 Å². The van der Waals surface area contributed by atoms with Crippen LogP contribution in [0.2, 0.25) is 0 Å². The van der Waals surface area contributed by atoms with E-state index in [0.29, 0.717) is 12.8 Å². The van der Waals surface area contributed by atoms with Gasteiger partial charge in [-0.1, -0.05) is 219 Å². The summed E-state index contributed by atoms with van der Waals surface area (Å²) in [6.45, 7) is 2.45. The Bertz CT molecular complexity index is 1330. The first kappa shape index (κ1) is 68.8. The fraction of sp³-hybridized carbons (Fsp3) is 0.948. The number of aliphatic hydroxyl groups excluding tert-OH is 10. The van der Waals surface area contributed by atoms with Crippen molar-refractivity contribution >= 4 is 5.91 Å². The van der Waals surface area contributed by atoms with Crippen molar-refractivity contribution in [2.45, 2.75) is 331 Å². The summed E-state index contributed by atoms with van der Waals surface area (Å²) in [5.41, 5.74) is 0. The summed E-state index contributed by atoms with van der Waals surface area (Å²) >= 11 is 0. The summed E-state index contributed by atoms with van der Waals surface area (Å²) in [5.74, 6) is -0.758. The number of carbonyl (C=O) groups excluding carboxylic acids is 1. The molecular formula is C58H111NO15. The van der Waals surface area contributed by atoms with E-state index in [0.717, 1.165) is 64.2 Å². The molecule has 0 radical (unpaired) electrons. The van der Waals surface area contributed by atoms with Crippen LogP contribution >= 0.6 is 0 Å². The lowest BCUT2D eigenvalue weighted by Crippen LogP contribution is -2.65. The SMILES string of the molecule is CCCCCCCC/C=C\CCCCCCCC[C@@H](O)[C@@H](O)[C@H](CO[C@@H]1O[C@H](CO)[C@@H](O[C@@H]2O[C@H](CO)[C@H](O)[C@H](O)[C@H]2O)[C@H](O)[C@H]1O)NC(=O)[C@H](O)CCCCCCCCCCCCCCCCCCCCCC. The summed E-state index contributed by atoms with van der Waals surface area (Å²) in [4.78, 5) is 13.4. The lowest BCUT2D eigenvalue weighted by Gasteiger charge is -2.46. The fourth-order valence-corrected chi connectivity index (χ4v) is 10.2. The van der Waals surface area contributed by atoms with Crippen LogP contribution in [0.5, 0.6) is 0 Å². The molecule has 0 saturated carbocycles. The van der Waals surface area contributed by atoms with Crippen LogP contribution in [0.15, 0.2) is 12.2 Å². The molecule has 2 aliphatic rings. The summed E-state index contributed by atoms with van der Waals surface area (Å²) in [6.07, 6.45) is 24.9. The lowest BCUT2D eigenvalue weighted by atomic mass is 9.97. The Morgan fingerprint density at radius 1 is 0.486 bits per heavy atom. The Hall–Kier alpha value is -1.35. The molecule has 16 heteroatoms. The van der Waals surface area contributed by atoms with Gasteiger partial charge in [0.05, 0.1) is 32.0 Å². The maximum atomic E-state index is 13.4. The maximum Gasteiger partial charge on any atom is 0.249 e. The van der Waals surface area contributed by atoms with E-state index in [2.05, 4.69) is 31.3 Å². The van der Waals surface area contributed by atoms with Gasteiger partial charge in [-0.25, -0.2) is 0 Å². The van der Waals surface area contributed by atoms with Crippen molar-refractivity contribution in [1.29, 1.82) is 0 Å². The number of hydrogen-bond donors (Lipinski definition) is 11. The molecule has 2 aliphatic heterocycles. The Kier molecular flexibility index (Phi) is 41.3. The highest BCUT2D eigenvalue weighted by atomic mass is 16.7. The van der Waals surface area contributed by atoms with Crippen LogP contribution in [0.1, 0.15) is 245 Å². The minimum Gasteiger partial charge on any atom is -0.394 e. The van der Waals surface area contributed by atoms with Crippen molar-refractivity contribution in [3.8, 4) is 0 Å². The lowest BCUT2D eigenvalue weighted by molar-refractivity contribution is -0.359. The summed E-state index contributed by atoms with van der Waals surface area (Å²) in [7, 11) is 0. The molecule has 0 aromatic heterocycles. The van der Waals surface area contributed by atoms with Gasteiger partial charge in [0.25, 0.3) is 0 Å². The van der Waals surface area contributed by atoms with E-state index in [4.69, 9.17) is 18.9 Å². The van der Waals surface area contributed by atoms with Crippen molar-refractivity contribution in [1.82, 2.24) is 5.32 Å². The Labute approximate surface area is 447 Å². The second kappa shape index (κ2) is 44.5. The second-order valence-corrected chi connectivity index (χ2v) is 21.8. The molecule has 0 aromatic rings. The van der Waals surface area contributed by atoms with Crippen LogP contribution in [0.25, 0.3) is 0 Å². The third-order valence-electron chi connectivity index (χ3n) is 15.2. The minimum atomic E-state index is -1.85. The van der Waals surface area contributed by atoms with Crippen LogP contribution in [-0.2, 0) is 23.7 Å². The molecule has 14 atom stereocenters. The molecule has 2 heterocycles. The van der Waals surface area contributed by atoms with Gasteiger partial charge in [-0.3, -0.25) is 4.79 Å². The number of ether oxygens (including phenoxy) is 4. The molecule has 1 amide bonds. The second-order valence-electron chi connectivity index (χ2n) is 21.8. The molecule has 2 fully saturated rings. The number of unbranched alkanes of at least 4 members (excludes halogenated alkanes) is 31. The Balaban J connectivity index is 1.83. The molecule has 0 aromatic carbocycles. The van der Waals surface area contributed by atoms with Crippen LogP contribution in [0.4, 0.5) is 0 Å². The molecule has 2 saturated heterocycles. The van der Waals surface area contributed by atoms with E-state index < -0.39 is 111 Å². The van der Waals surface area contributed by atoms with E-state index in [1.807, 2.05) is 0 Å². The summed E-state index contributed by atoms with van der Waals surface area (Å²) in [5, 5.41) is 109. The molecule has 0 spiro atoms. The van der Waals surface area contributed by atoms with Gasteiger partial charge in [-0.05, 0) is 38.5 Å². The predicted molar refractivity (Wildman–Crippen MR) is 289 cm³/mol. The Morgan fingerprint density at radius 2 is 0.878 bits per heavy atom. The minimum absolute atomic E-state index is 0.206. The van der Waals surface area contributed by atoms with Crippen LogP contribution in [0, 0.1) is 0 Å². The largest absolute Gasteiger partial charge is 0.394 e. The average Bonchev–Trinajstić information content (AvgIpc) is 3.40. The van der Waals surface area contributed by atoms with Crippen LogP contribution < -0.4 is 5.32 Å². The molecule has 2 rings (SSSR count). The number of hydrogen-bond acceptors (Lipinski definition) is 15. The monoisotopic (exact) mass is 1060 g/mol. The number of nitrogens with one attached hydrogen (secondary N) is 1. The summed E-state index contributed by atoms with van der Waals surface area (Å²) in [6, 6.07) is -1.28. The van der Waals surface area contributed by atoms with Gasteiger partial charge >= 0.3 is 0 Å². The number of allylic oxidation sites excluding steroid dienone is 2. The van der Waals surface area contributed by atoms with Crippen molar-refractivity contribution in [2.24, 2.45) is 0 Å². The first-order chi connectivity index (χ1) is 35.9. The number of rotatable bonds is 48. The first-order valence-corrected chi connectivity index (χ1v) is 30.1. The van der Waals surface area contributed by atoms with Crippen molar-refractivity contribution < 1.29 is 74.8 Å². The zero-order valence-corrected chi connectivity index (χ0v) is 46.3. The number of aliphatic hydroxyl groups is 10. The predicted octanol–water partition coefficient (Wildman–Crippen LogP) is 7.83. The molecule has 0 bridgehead atoms. The highest BCUT2D eigenvalue weighted by molar-refractivity contribution is 5.80. The molecule has 74 heavy (non-hydrogen) atoms. The van der Waals surface area contributed by atoms with Crippen molar-refractivity contribution in [2.75, 3.05) is 19.8 Å². The van der Waals surface area contributed by atoms with Crippen molar-refractivity contribution in [3.63, 3.8) is 0 Å². The maximum absolute atomic E-state index is 13.4. The molecule has 16 nitrogen and oxygen atoms in total. The average molecular weight is 1060 g/mol. The van der Waals surface area contributed by atoms with Gasteiger partial charge in [0, 0.05) is 0 Å². The smallest absolute Gasteiger partial charge is 0.249 e. The van der Waals surface area contributed by atoms with Gasteiger partial charge in [0.15, 0.2) is 12.6 Å². The van der Waals surface area contributed by atoms with Gasteiger partial charge in [-0.2, -0.15) is 0 Å². The third-order valence-corrected chi connectivity index (χ3v) is 15.2. The highest BCUT2D eigenvalue weighted by Crippen LogP contribution is 2.30. The number of carbonyl (C=O) groups is 1. The van der Waals surface area contributed by atoms with E-state index >= 15 is 0 Å². The molecule has 438 valence electrons. The van der Waals surface area contributed by atoms with E-state index in [9.17, 15) is 55.9 Å². The molecule has 0 aliphatic carbocycles. The van der Waals surface area contributed by atoms with Gasteiger partial charge in [0.2, 0.25) is 5.91 Å². The topological polar surface area (TPSA) is 268 Å². The van der Waals surface area contributed by atoms with Gasteiger partial charge in [-0.15, -0.1) is 0 Å². The van der Waals surface area contributed by atoms with E-state index in [1.165, 1.54) is 141 Å². The zero-order valence-electron chi connectivity index (χ0n) is 46.3. The highest BCUT2D eigenvalue weighted by Gasteiger charge is 2.51. The third kappa shape index (κ3) is 29.6. The van der Waals surface area contributed by atoms with Gasteiger partial charge < -0.3 is 75.3 Å². The summed E-state index contributed by atoms with van der Waals surface area (Å²) < 4.78 is 22.6. The number of amides is 1. The fourth-order valence-electron chi connectivity index (χ4n) is 10.2. The zero-order chi connectivity index (χ0) is 54.2. The van der Waals surface area contributed by atoms with Crippen LogP contribution in [-0.4, -0.2) is 163 Å². The quantitative estimate of drug-likeness (QED) is 0.0205. The molecular weight excluding hydrogens is 951 g/mol. The van der Waals surface area contributed by atoms with E-state index in [1.54, 1.807) is 0 Å². The molecule has 0 unspecified atom stereocenters. The molecule has 11 N–H and O–H groups in total.